The van der Waals surface area contributed by atoms with E-state index < -0.39 is 10.0 Å². The third kappa shape index (κ3) is 7.30. The van der Waals surface area contributed by atoms with Gasteiger partial charge in [0.2, 0.25) is 15.9 Å². The molecule has 0 aromatic heterocycles. The summed E-state index contributed by atoms with van der Waals surface area (Å²) in [5.41, 5.74) is 0.323. The summed E-state index contributed by atoms with van der Waals surface area (Å²) in [4.78, 5) is 13.4. The number of carbonyl (C=O) groups is 1. The highest BCUT2D eigenvalue weighted by molar-refractivity contribution is 7.99. The largest absolute Gasteiger partial charge is 0.493 e. The van der Waals surface area contributed by atoms with Crippen LogP contribution in [0.15, 0.2) is 47.4 Å². The highest BCUT2D eigenvalue weighted by Crippen LogP contribution is 2.32. The third-order valence-electron chi connectivity index (χ3n) is 4.07. The number of amides is 1. The molecule has 0 aliphatic heterocycles. The monoisotopic (exact) mass is 472 g/mol. The van der Waals surface area contributed by atoms with Crippen LogP contribution < -0.4 is 19.1 Å². The van der Waals surface area contributed by atoms with E-state index in [1.165, 1.54) is 20.3 Å². The van der Waals surface area contributed by atoms with Crippen LogP contribution in [0.4, 0.5) is 5.69 Å². The number of sulfonamides is 1. The van der Waals surface area contributed by atoms with Gasteiger partial charge in [-0.1, -0.05) is 11.6 Å². The molecule has 2 rings (SSSR count). The predicted octanol–water partition coefficient (Wildman–Crippen LogP) is 3.42. The number of rotatable bonds is 11. The minimum atomic E-state index is -3.67. The lowest BCUT2D eigenvalue weighted by molar-refractivity contribution is -0.119. The number of ether oxygens (including phenoxy) is 2. The van der Waals surface area contributed by atoms with E-state index in [0.717, 1.165) is 27.6 Å². The van der Waals surface area contributed by atoms with Crippen LogP contribution in [0.25, 0.3) is 0 Å². The molecule has 2 aromatic rings. The van der Waals surface area contributed by atoms with Crippen LogP contribution >= 0.6 is 23.4 Å². The number of benzene rings is 2. The van der Waals surface area contributed by atoms with Gasteiger partial charge in [-0.2, -0.15) is 0 Å². The standard InChI is InChI=1S/C20H25ClN2O5S2/c1-27-18-10-7-16(13-19(18)28-2)23(30(3,25)26)14-20(24)22-11-4-12-29-17-8-5-15(21)6-9-17/h5-10,13H,4,11-12,14H2,1-3H3,(H,22,24). The molecule has 0 aliphatic carbocycles. The number of anilines is 1. The van der Waals surface area contributed by atoms with Crippen LogP contribution in [0.2, 0.25) is 5.02 Å². The van der Waals surface area contributed by atoms with Crippen molar-refractivity contribution in [2.45, 2.75) is 11.3 Å². The van der Waals surface area contributed by atoms with Crippen LogP contribution in [-0.4, -0.2) is 53.6 Å². The molecule has 0 atom stereocenters. The normalized spacial score (nSPS) is 11.1. The Bertz CT molecular complexity index is 952. The van der Waals surface area contributed by atoms with Crippen molar-refractivity contribution in [2.24, 2.45) is 0 Å². The maximum Gasteiger partial charge on any atom is 0.240 e. The number of thioether (sulfide) groups is 1. The van der Waals surface area contributed by atoms with Crippen molar-refractivity contribution in [2.75, 3.05) is 43.6 Å². The molecule has 10 heteroatoms. The zero-order chi connectivity index (χ0) is 22.1. The predicted molar refractivity (Wildman–Crippen MR) is 122 cm³/mol. The quantitative estimate of drug-likeness (QED) is 0.398. The van der Waals surface area contributed by atoms with Crippen molar-refractivity contribution < 1.29 is 22.7 Å². The van der Waals surface area contributed by atoms with Crippen molar-refractivity contribution in [3.8, 4) is 11.5 Å². The van der Waals surface area contributed by atoms with Gasteiger partial charge in [-0.3, -0.25) is 9.10 Å². The Morgan fingerprint density at radius 1 is 1.10 bits per heavy atom. The second kappa shape index (κ2) is 11.3. The first-order valence-corrected chi connectivity index (χ1v) is 12.3. The molecule has 7 nitrogen and oxygen atoms in total. The summed E-state index contributed by atoms with van der Waals surface area (Å²) < 4.78 is 35.9. The Hall–Kier alpha value is -2.10. The molecular formula is C20H25ClN2O5S2. The maximum atomic E-state index is 12.3. The van der Waals surface area contributed by atoms with Crippen LogP contribution in [-0.2, 0) is 14.8 Å². The molecule has 0 fully saturated rings. The van der Waals surface area contributed by atoms with E-state index in [0.29, 0.717) is 28.8 Å². The van der Waals surface area contributed by atoms with Crippen molar-refractivity contribution >= 4 is 45.0 Å². The number of hydrogen-bond acceptors (Lipinski definition) is 6. The Balaban J connectivity index is 1.90. The molecule has 30 heavy (non-hydrogen) atoms. The van der Waals surface area contributed by atoms with Gasteiger partial charge in [0.15, 0.2) is 11.5 Å². The molecule has 1 amide bonds. The summed E-state index contributed by atoms with van der Waals surface area (Å²) in [6, 6.07) is 12.2. The van der Waals surface area contributed by atoms with Crippen molar-refractivity contribution in [1.82, 2.24) is 5.32 Å². The molecule has 0 saturated carbocycles. The average molecular weight is 473 g/mol. The number of nitrogens with zero attached hydrogens (tertiary/aromatic N) is 1. The minimum absolute atomic E-state index is 0.321. The van der Waals surface area contributed by atoms with Crippen LogP contribution in [0.5, 0.6) is 11.5 Å². The summed E-state index contributed by atoms with van der Waals surface area (Å²) in [7, 11) is -0.721. The van der Waals surface area contributed by atoms with Gasteiger partial charge >= 0.3 is 0 Å². The van der Waals surface area contributed by atoms with Crippen molar-refractivity contribution in [3.05, 3.63) is 47.5 Å². The minimum Gasteiger partial charge on any atom is -0.493 e. The summed E-state index contributed by atoms with van der Waals surface area (Å²) in [5.74, 6) is 1.28. The molecule has 164 valence electrons. The van der Waals surface area contributed by atoms with Crippen molar-refractivity contribution in [3.63, 3.8) is 0 Å². The van der Waals surface area contributed by atoms with E-state index in [9.17, 15) is 13.2 Å². The maximum absolute atomic E-state index is 12.3. The molecular weight excluding hydrogens is 448 g/mol. The fourth-order valence-corrected chi connectivity index (χ4v) is 4.41. The van der Waals surface area contributed by atoms with Crippen LogP contribution in [0.1, 0.15) is 6.42 Å². The highest BCUT2D eigenvalue weighted by atomic mass is 35.5. The summed E-state index contributed by atoms with van der Waals surface area (Å²) >= 11 is 7.52. The van der Waals surface area contributed by atoms with E-state index in [4.69, 9.17) is 21.1 Å². The molecule has 0 unspecified atom stereocenters. The van der Waals surface area contributed by atoms with E-state index in [1.807, 2.05) is 24.3 Å². The Kier molecular flexibility index (Phi) is 9.13. The van der Waals surface area contributed by atoms with E-state index in [1.54, 1.807) is 23.9 Å². The summed E-state index contributed by atoms with van der Waals surface area (Å²) in [6.45, 7) is 0.127. The fourth-order valence-electron chi connectivity index (χ4n) is 2.59. The first kappa shape index (κ1) is 24.2. The first-order valence-electron chi connectivity index (χ1n) is 9.09. The van der Waals surface area contributed by atoms with E-state index >= 15 is 0 Å². The molecule has 0 spiro atoms. The van der Waals surface area contributed by atoms with Gasteiger partial charge in [0.05, 0.1) is 26.2 Å². The molecule has 0 saturated heterocycles. The fraction of sp³-hybridized carbons (Fsp3) is 0.350. The highest BCUT2D eigenvalue weighted by Gasteiger charge is 2.22. The topological polar surface area (TPSA) is 84.9 Å². The number of halogens is 1. The molecule has 0 bridgehead atoms. The number of nitrogens with one attached hydrogen (secondary N) is 1. The second-order valence-electron chi connectivity index (χ2n) is 6.31. The smallest absolute Gasteiger partial charge is 0.240 e. The Morgan fingerprint density at radius 3 is 2.37 bits per heavy atom. The first-order chi connectivity index (χ1) is 14.2. The van der Waals surface area contributed by atoms with Gasteiger partial charge in [0.25, 0.3) is 0 Å². The van der Waals surface area contributed by atoms with Gasteiger partial charge in [-0.15, -0.1) is 11.8 Å². The average Bonchev–Trinajstić information content (AvgIpc) is 2.71. The Morgan fingerprint density at radius 2 is 1.77 bits per heavy atom. The van der Waals surface area contributed by atoms with Gasteiger partial charge in [-0.25, -0.2) is 8.42 Å². The third-order valence-corrected chi connectivity index (χ3v) is 6.56. The molecule has 0 aliphatic rings. The van der Waals surface area contributed by atoms with Crippen LogP contribution in [0, 0.1) is 0 Å². The molecule has 1 N–H and O–H groups in total. The lowest BCUT2D eigenvalue weighted by Crippen LogP contribution is -2.40. The van der Waals surface area contributed by atoms with Crippen LogP contribution in [0.3, 0.4) is 0 Å². The van der Waals surface area contributed by atoms with Gasteiger partial charge in [0.1, 0.15) is 6.54 Å². The Labute approximate surface area is 186 Å². The van der Waals surface area contributed by atoms with Crippen molar-refractivity contribution in [1.29, 1.82) is 0 Å². The molecule has 0 heterocycles. The summed E-state index contributed by atoms with van der Waals surface area (Å²) in [5, 5.41) is 3.46. The SMILES string of the molecule is COc1ccc(N(CC(=O)NCCCSc2ccc(Cl)cc2)S(C)(=O)=O)cc1OC. The number of carbonyl (C=O) groups excluding carboxylic acids is 1. The van der Waals surface area contributed by atoms with E-state index in [2.05, 4.69) is 5.32 Å². The van der Waals surface area contributed by atoms with Gasteiger partial charge in [-0.05, 0) is 48.6 Å². The molecule has 2 aromatic carbocycles. The zero-order valence-corrected chi connectivity index (χ0v) is 19.4. The lowest BCUT2D eigenvalue weighted by Gasteiger charge is -2.23. The number of methoxy groups -OCH3 is 2. The van der Waals surface area contributed by atoms with Gasteiger partial charge < -0.3 is 14.8 Å². The second-order valence-corrected chi connectivity index (χ2v) is 9.83. The van der Waals surface area contributed by atoms with E-state index in [-0.39, 0.29) is 12.5 Å². The molecule has 0 radical (unpaired) electrons. The summed E-state index contributed by atoms with van der Waals surface area (Å²) in [6.07, 6.45) is 1.80. The number of hydrogen-bond donors (Lipinski definition) is 1. The lowest BCUT2D eigenvalue weighted by atomic mass is 10.2. The zero-order valence-electron chi connectivity index (χ0n) is 17.1. The van der Waals surface area contributed by atoms with Gasteiger partial charge in [0, 0.05) is 22.5 Å².